The summed E-state index contributed by atoms with van der Waals surface area (Å²) in [4.78, 5) is 38.8. The lowest BCUT2D eigenvalue weighted by atomic mass is 9.88. The third-order valence-electron chi connectivity index (χ3n) is 5.94. The quantitative estimate of drug-likeness (QED) is 0.287. The molecule has 0 bridgehead atoms. The second-order valence-corrected chi connectivity index (χ2v) is 9.13. The summed E-state index contributed by atoms with van der Waals surface area (Å²) in [6.45, 7) is 4.13. The largest absolute Gasteiger partial charge is 0.375 e. The van der Waals surface area contributed by atoms with Crippen molar-refractivity contribution in [3.05, 3.63) is 103 Å². The Hall–Kier alpha value is -3.36. The highest BCUT2D eigenvalue weighted by Gasteiger charge is 2.51. The molecule has 4 rings (SSSR count). The number of Topliss-reactive ketones (excluding diaryl/α,β-unsaturated/α-hetero) is 1. The maximum Gasteiger partial charge on any atom is 0.280 e. The Morgan fingerprint density at radius 2 is 1.85 bits per heavy atom. The van der Waals surface area contributed by atoms with Gasteiger partial charge in [-0.25, -0.2) is 0 Å². The van der Waals surface area contributed by atoms with Crippen molar-refractivity contribution in [3.8, 4) is 0 Å². The Labute approximate surface area is 198 Å². The molecule has 3 aromatic rings. The number of anilines is 1. The molecule has 8 heteroatoms. The molecule has 1 aliphatic rings. The summed E-state index contributed by atoms with van der Waals surface area (Å²) >= 11 is 3.37. The summed E-state index contributed by atoms with van der Waals surface area (Å²) in [7, 11) is 0. The molecule has 1 aliphatic heterocycles. The number of benzene rings is 3. The van der Waals surface area contributed by atoms with Crippen LogP contribution in [0.2, 0.25) is 0 Å². The lowest BCUT2D eigenvalue weighted by Crippen LogP contribution is -2.41. The van der Waals surface area contributed by atoms with E-state index in [1.165, 1.54) is 29.2 Å². The molecule has 33 heavy (non-hydrogen) atoms. The van der Waals surface area contributed by atoms with Crippen molar-refractivity contribution < 1.29 is 19.6 Å². The van der Waals surface area contributed by atoms with Gasteiger partial charge in [0.1, 0.15) is 0 Å². The second-order valence-electron chi connectivity index (χ2n) is 8.22. The number of fused-ring (bicyclic) bond motifs is 1. The zero-order valence-electron chi connectivity index (χ0n) is 18.0. The monoisotopic (exact) mass is 508 g/mol. The van der Waals surface area contributed by atoms with Gasteiger partial charge in [-0.3, -0.25) is 19.7 Å². The van der Waals surface area contributed by atoms with Gasteiger partial charge < -0.3 is 10.0 Å². The van der Waals surface area contributed by atoms with Gasteiger partial charge in [0.05, 0.1) is 29.1 Å². The number of hydrogen-bond acceptors (Lipinski definition) is 5. The van der Waals surface area contributed by atoms with E-state index in [9.17, 15) is 24.8 Å². The predicted molar refractivity (Wildman–Crippen MR) is 127 cm³/mol. The smallest absolute Gasteiger partial charge is 0.280 e. The maximum atomic E-state index is 13.6. The summed E-state index contributed by atoms with van der Waals surface area (Å²) in [5, 5.41) is 22.9. The predicted octanol–water partition coefficient (Wildman–Crippen LogP) is 4.98. The number of ketones is 1. The Bertz CT molecular complexity index is 1310. The molecule has 7 nitrogen and oxygen atoms in total. The van der Waals surface area contributed by atoms with Gasteiger partial charge in [-0.15, -0.1) is 0 Å². The SMILES string of the molecule is Cc1ccc(C)c(CN2C(=O)C(O)(CC(=O)c3ccccc3[N+](=O)[O-])c3cc(Br)ccc32)c1. The second kappa shape index (κ2) is 8.53. The molecular weight excluding hydrogens is 488 g/mol. The van der Waals surface area contributed by atoms with Crippen LogP contribution in [0.1, 0.15) is 39.0 Å². The van der Waals surface area contributed by atoms with Gasteiger partial charge in [-0.05, 0) is 49.2 Å². The van der Waals surface area contributed by atoms with Crippen LogP contribution in [0, 0.1) is 24.0 Å². The first kappa shape index (κ1) is 22.8. The lowest BCUT2D eigenvalue weighted by Gasteiger charge is -2.23. The number of aliphatic hydroxyl groups is 1. The normalized spacial score (nSPS) is 17.2. The summed E-state index contributed by atoms with van der Waals surface area (Å²) in [6, 6.07) is 16.6. The standard InChI is InChI=1S/C25H21BrN2O5/c1-15-7-8-16(2)17(11-15)14-27-22-10-9-18(26)12-20(22)25(31,24(27)30)13-23(29)19-5-3-4-6-21(19)28(32)33/h3-12,31H,13-14H2,1-2H3. The van der Waals surface area contributed by atoms with E-state index in [1.807, 2.05) is 32.0 Å². The molecule has 1 heterocycles. The van der Waals surface area contributed by atoms with E-state index in [4.69, 9.17) is 0 Å². The fourth-order valence-corrected chi connectivity index (χ4v) is 4.55. The maximum absolute atomic E-state index is 13.6. The molecule has 0 spiro atoms. The van der Waals surface area contributed by atoms with Crippen LogP contribution >= 0.6 is 15.9 Å². The number of nitro groups is 1. The summed E-state index contributed by atoms with van der Waals surface area (Å²) < 4.78 is 0.638. The number of nitro benzene ring substituents is 1. The van der Waals surface area contributed by atoms with Gasteiger partial charge in [0, 0.05) is 16.1 Å². The number of halogens is 1. The van der Waals surface area contributed by atoms with Crippen molar-refractivity contribution >= 4 is 39.0 Å². The highest BCUT2D eigenvalue weighted by atomic mass is 79.9. The van der Waals surface area contributed by atoms with Gasteiger partial charge in [-0.2, -0.15) is 0 Å². The first-order valence-corrected chi connectivity index (χ1v) is 11.1. The zero-order valence-corrected chi connectivity index (χ0v) is 19.6. The van der Waals surface area contributed by atoms with E-state index in [-0.39, 0.29) is 17.8 Å². The number of carbonyl (C=O) groups is 2. The molecule has 3 aromatic carbocycles. The van der Waals surface area contributed by atoms with Crippen molar-refractivity contribution in [1.82, 2.24) is 0 Å². The van der Waals surface area contributed by atoms with E-state index in [2.05, 4.69) is 15.9 Å². The van der Waals surface area contributed by atoms with Crippen molar-refractivity contribution in [2.75, 3.05) is 4.90 Å². The molecule has 0 aliphatic carbocycles. The first-order chi connectivity index (χ1) is 15.6. The minimum absolute atomic E-state index is 0.145. The zero-order chi connectivity index (χ0) is 23.9. The molecule has 1 amide bonds. The first-order valence-electron chi connectivity index (χ1n) is 10.3. The van der Waals surface area contributed by atoms with Crippen molar-refractivity contribution in [2.24, 2.45) is 0 Å². The van der Waals surface area contributed by atoms with Crippen molar-refractivity contribution in [2.45, 2.75) is 32.4 Å². The van der Waals surface area contributed by atoms with Crippen LogP contribution in [0.15, 0.2) is 65.1 Å². The summed E-state index contributed by atoms with van der Waals surface area (Å²) in [5.74, 6) is -1.32. The van der Waals surface area contributed by atoms with Gasteiger partial charge >= 0.3 is 0 Å². The van der Waals surface area contributed by atoms with Gasteiger partial charge in [0.25, 0.3) is 11.6 Å². The molecule has 0 radical (unpaired) electrons. The van der Waals surface area contributed by atoms with Crippen LogP contribution in [0.25, 0.3) is 0 Å². The Balaban J connectivity index is 1.75. The Kier molecular flexibility index (Phi) is 5.90. The van der Waals surface area contributed by atoms with Crippen LogP contribution in [0.3, 0.4) is 0 Å². The van der Waals surface area contributed by atoms with Crippen molar-refractivity contribution in [1.29, 1.82) is 0 Å². The van der Waals surface area contributed by atoms with Crippen LogP contribution in [0.4, 0.5) is 11.4 Å². The van der Waals surface area contributed by atoms with E-state index in [0.29, 0.717) is 15.7 Å². The molecular formula is C25H21BrN2O5. The molecule has 0 aromatic heterocycles. The van der Waals surface area contributed by atoms with Crippen LogP contribution in [0.5, 0.6) is 0 Å². The van der Waals surface area contributed by atoms with Gasteiger partial charge in [-0.1, -0.05) is 51.8 Å². The fourth-order valence-electron chi connectivity index (χ4n) is 4.19. The Morgan fingerprint density at radius 1 is 1.12 bits per heavy atom. The number of aryl methyl sites for hydroxylation is 2. The number of para-hydroxylation sites is 1. The summed E-state index contributed by atoms with van der Waals surface area (Å²) in [5.41, 5.74) is 1.11. The third-order valence-corrected chi connectivity index (χ3v) is 6.44. The van der Waals surface area contributed by atoms with E-state index >= 15 is 0 Å². The van der Waals surface area contributed by atoms with Gasteiger partial charge in [0.2, 0.25) is 0 Å². The highest BCUT2D eigenvalue weighted by Crippen LogP contribution is 2.45. The van der Waals surface area contributed by atoms with E-state index in [1.54, 1.807) is 18.2 Å². The number of hydrogen-bond donors (Lipinski definition) is 1. The highest BCUT2D eigenvalue weighted by molar-refractivity contribution is 9.10. The summed E-state index contributed by atoms with van der Waals surface area (Å²) in [6.07, 6.45) is -0.608. The Morgan fingerprint density at radius 3 is 2.58 bits per heavy atom. The van der Waals surface area contributed by atoms with Crippen LogP contribution in [-0.4, -0.2) is 21.7 Å². The van der Waals surface area contributed by atoms with Crippen LogP contribution < -0.4 is 4.90 Å². The number of rotatable bonds is 6. The molecule has 1 atom stereocenters. The minimum Gasteiger partial charge on any atom is -0.375 e. The molecule has 0 fully saturated rings. The molecule has 1 N–H and O–H groups in total. The van der Waals surface area contributed by atoms with Crippen molar-refractivity contribution in [3.63, 3.8) is 0 Å². The fraction of sp³-hybridized carbons (Fsp3) is 0.200. The van der Waals surface area contributed by atoms with E-state index < -0.39 is 28.6 Å². The minimum atomic E-state index is -2.14. The third kappa shape index (κ3) is 4.07. The van der Waals surface area contributed by atoms with Gasteiger partial charge in [0.15, 0.2) is 11.4 Å². The number of carbonyl (C=O) groups excluding carboxylic acids is 2. The van der Waals surface area contributed by atoms with Crippen LogP contribution in [-0.2, 0) is 16.9 Å². The molecule has 0 saturated heterocycles. The molecule has 0 saturated carbocycles. The molecule has 1 unspecified atom stereocenters. The molecule has 168 valence electrons. The van der Waals surface area contributed by atoms with E-state index in [0.717, 1.165) is 16.7 Å². The average Bonchev–Trinajstić information content (AvgIpc) is 2.97. The number of nitrogens with zero attached hydrogens (tertiary/aromatic N) is 2. The average molecular weight is 509 g/mol. The number of amides is 1. The lowest BCUT2D eigenvalue weighted by molar-refractivity contribution is -0.385. The topological polar surface area (TPSA) is 101 Å².